The number of carbonyl (C=O) groups is 2. The van der Waals surface area contributed by atoms with Crippen molar-refractivity contribution >= 4 is 63.9 Å². The molecule has 0 spiro atoms. The molecule has 5 rings (SSSR count). The van der Waals surface area contributed by atoms with Crippen LogP contribution in [0.25, 0.3) is 0 Å². The minimum atomic E-state index is -2.87. The largest absolute Gasteiger partial charge is 0.380 e. The summed E-state index contributed by atoms with van der Waals surface area (Å²) in [4.78, 5) is 30.7. The first-order valence-corrected chi connectivity index (χ1v) is 14.4. The lowest BCUT2D eigenvalue weighted by Crippen LogP contribution is -2.61. The average Bonchev–Trinajstić information content (AvgIpc) is 2.85. The van der Waals surface area contributed by atoms with E-state index >= 15 is 0 Å². The van der Waals surface area contributed by atoms with E-state index in [1.807, 2.05) is 0 Å². The molecule has 3 aliphatic rings. The first kappa shape index (κ1) is 29.6. The van der Waals surface area contributed by atoms with Crippen LogP contribution in [-0.4, -0.2) is 88.9 Å². The van der Waals surface area contributed by atoms with Gasteiger partial charge in [0.1, 0.15) is 0 Å². The van der Waals surface area contributed by atoms with Gasteiger partial charge in [0.15, 0.2) is 5.60 Å². The number of anilines is 1. The predicted molar refractivity (Wildman–Crippen MR) is 152 cm³/mol. The molecule has 7 nitrogen and oxygen atoms in total. The van der Waals surface area contributed by atoms with Crippen LogP contribution in [0, 0.1) is 0 Å². The van der Waals surface area contributed by atoms with Crippen LogP contribution in [0.1, 0.15) is 35.7 Å². The Morgan fingerprint density at radius 2 is 1.57 bits per heavy atom. The van der Waals surface area contributed by atoms with Crippen LogP contribution < -0.4 is 5.32 Å². The Hall–Kier alpha value is -1.88. The quantitative estimate of drug-likeness (QED) is 0.446. The monoisotopic (exact) mass is 634 g/mol. The standard InChI is InChI=1S/C27H28Cl4F2N4O3/c1-26(40,19-8-15(28)2-3-20(19)29)25(39)35-6-4-18(5-7-35)36-11-17(12-36)34-16-9-21(30)23(22(31)10-16)24(38)37-13-27(32,33)14-37/h2-3,8-10,17-18,34,40H,4-7,11-14H2,1H3/t26-/m0/s1. The van der Waals surface area contributed by atoms with Gasteiger partial charge in [-0.25, -0.2) is 8.78 Å². The number of benzene rings is 2. The fourth-order valence-corrected chi connectivity index (χ4v) is 6.66. The van der Waals surface area contributed by atoms with Crippen molar-refractivity contribution in [2.24, 2.45) is 0 Å². The number of hydrogen-bond donors (Lipinski definition) is 2. The molecule has 0 saturated carbocycles. The van der Waals surface area contributed by atoms with Crippen LogP contribution in [0.3, 0.4) is 0 Å². The zero-order chi connectivity index (χ0) is 29.0. The van der Waals surface area contributed by atoms with Crippen LogP contribution in [0.5, 0.6) is 0 Å². The van der Waals surface area contributed by atoms with E-state index in [1.54, 1.807) is 29.2 Å². The Morgan fingerprint density at radius 3 is 2.15 bits per heavy atom. The summed E-state index contributed by atoms with van der Waals surface area (Å²) in [5, 5.41) is 15.3. The highest BCUT2D eigenvalue weighted by Gasteiger charge is 2.47. The van der Waals surface area contributed by atoms with Crippen LogP contribution >= 0.6 is 46.4 Å². The predicted octanol–water partition coefficient (Wildman–Crippen LogP) is 5.39. The smallest absolute Gasteiger partial charge is 0.282 e. The lowest BCUT2D eigenvalue weighted by molar-refractivity contribution is -0.152. The molecule has 40 heavy (non-hydrogen) atoms. The molecule has 2 aromatic rings. The van der Waals surface area contributed by atoms with Gasteiger partial charge in [-0.2, -0.15) is 0 Å². The number of rotatable bonds is 6. The second kappa shape index (κ2) is 11.1. The number of carbonyl (C=O) groups excluding carboxylic acids is 2. The zero-order valence-electron chi connectivity index (χ0n) is 21.6. The maximum absolute atomic E-state index is 13.2. The van der Waals surface area contributed by atoms with Gasteiger partial charge in [-0.1, -0.05) is 46.4 Å². The molecule has 13 heteroatoms. The molecule has 0 unspecified atom stereocenters. The Morgan fingerprint density at radius 1 is 0.975 bits per heavy atom. The average molecular weight is 636 g/mol. The number of hydrogen-bond acceptors (Lipinski definition) is 5. The van der Waals surface area contributed by atoms with Crippen LogP contribution in [0.15, 0.2) is 30.3 Å². The Bertz CT molecular complexity index is 1300. The molecule has 0 aromatic heterocycles. The van der Waals surface area contributed by atoms with Gasteiger partial charge in [-0.3, -0.25) is 14.5 Å². The minimum absolute atomic E-state index is 0.0255. The van der Waals surface area contributed by atoms with Gasteiger partial charge in [0, 0.05) is 53.5 Å². The maximum Gasteiger partial charge on any atom is 0.282 e. The van der Waals surface area contributed by atoms with Crippen LogP contribution in [0.4, 0.5) is 14.5 Å². The van der Waals surface area contributed by atoms with Crippen molar-refractivity contribution in [3.8, 4) is 0 Å². The van der Waals surface area contributed by atoms with E-state index in [0.717, 1.165) is 30.8 Å². The maximum atomic E-state index is 13.2. The molecule has 3 saturated heterocycles. The van der Waals surface area contributed by atoms with Crippen LogP contribution in [0.2, 0.25) is 20.1 Å². The Balaban J connectivity index is 1.11. The lowest BCUT2D eigenvalue weighted by atomic mass is 9.92. The van der Waals surface area contributed by atoms with E-state index in [9.17, 15) is 23.5 Å². The van der Waals surface area contributed by atoms with Crippen molar-refractivity contribution in [1.82, 2.24) is 14.7 Å². The summed E-state index contributed by atoms with van der Waals surface area (Å²) in [6, 6.07) is 8.28. The van der Waals surface area contributed by atoms with E-state index in [4.69, 9.17) is 46.4 Å². The molecule has 216 valence electrons. The normalized spacial score (nSPS) is 21.4. The third-order valence-corrected chi connectivity index (χ3v) is 8.97. The Labute approximate surface area is 250 Å². The molecule has 3 heterocycles. The number of nitrogens with one attached hydrogen (secondary N) is 1. The topological polar surface area (TPSA) is 76.1 Å². The second-order valence-corrected chi connectivity index (χ2v) is 12.5. The summed E-state index contributed by atoms with van der Waals surface area (Å²) in [7, 11) is 0. The molecule has 0 radical (unpaired) electrons. The summed E-state index contributed by atoms with van der Waals surface area (Å²) < 4.78 is 26.3. The summed E-state index contributed by atoms with van der Waals surface area (Å²) >= 11 is 24.9. The van der Waals surface area contributed by atoms with E-state index in [1.165, 1.54) is 13.0 Å². The van der Waals surface area contributed by atoms with Gasteiger partial charge in [0.2, 0.25) is 0 Å². The molecule has 1 atom stereocenters. The molecule has 3 fully saturated rings. The number of halogens is 6. The molecule has 0 aliphatic carbocycles. The summed E-state index contributed by atoms with van der Waals surface area (Å²) in [5.41, 5.74) is -0.834. The van der Waals surface area contributed by atoms with E-state index in [-0.39, 0.29) is 32.2 Å². The highest BCUT2D eigenvalue weighted by atomic mass is 35.5. The third-order valence-electron chi connectivity index (χ3n) is 7.81. The number of aliphatic hydroxyl groups is 1. The van der Waals surface area contributed by atoms with Crippen molar-refractivity contribution in [3.63, 3.8) is 0 Å². The number of nitrogens with zero attached hydrogens (tertiary/aromatic N) is 3. The van der Waals surface area contributed by atoms with E-state index < -0.39 is 36.4 Å². The van der Waals surface area contributed by atoms with Gasteiger partial charge in [0.05, 0.1) is 34.7 Å². The number of alkyl halides is 2. The van der Waals surface area contributed by atoms with Crippen molar-refractivity contribution in [2.45, 2.75) is 43.4 Å². The fourth-order valence-electron chi connectivity index (χ4n) is 5.54. The minimum Gasteiger partial charge on any atom is -0.380 e. The zero-order valence-corrected chi connectivity index (χ0v) is 24.6. The lowest BCUT2D eigenvalue weighted by Gasteiger charge is -2.48. The highest BCUT2D eigenvalue weighted by molar-refractivity contribution is 6.40. The Kier molecular flexibility index (Phi) is 8.20. The molecular weight excluding hydrogens is 608 g/mol. The second-order valence-electron chi connectivity index (χ2n) is 10.8. The van der Waals surface area contributed by atoms with Crippen molar-refractivity contribution in [3.05, 3.63) is 61.5 Å². The van der Waals surface area contributed by atoms with Crippen molar-refractivity contribution in [2.75, 3.05) is 44.6 Å². The summed E-state index contributed by atoms with van der Waals surface area (Å²) in [6.45, 7) is 2.72. The molecular formula is C27H28Cl4F2N4O3. The van der Waals surface area contributed by atoms with Gasteiger partial charge in [-0.05, 0) is 50.1 Å². The van der Waals surface area contributed by atoms with Crippen LogP contribution in [-0.2, 0) is 10.4 Å². The van der Waals surface area contributed by atoms with Gasteiger partial charge in [0.25, 0.3) is 17.7 Å². The number of piperidine rings is 1. The molecule has 2 N–H and O–H groups in total. The number of likely N-dealkylation sites (tertiary alicyclic amines) is 3. The van der Waals surface area contributed by atoms with Gasteiger partial charge >= 0.3 is 0 Å². The highest BCUT2D eigenvalue weighted by Crippen LogP contribution is 2.36. The molecule has 2 amide bonds. The molecule has 3 aliphatic heterocycles. The molecule has 0 bridgehead atoms. The first-order chi connectivity index (χ1) is 18.7. The van der Waals surface area contributed by atoms with E-state index in [0.29, 0.717) is 29.8 Å². The fraction of sp³-hybridized carbons (Fsp3) is 0.481. The SMILES string of the molecule is C[C@@](O)(C(=O)N1CCC(N2CC(Nc3cc(Cl)c(C(=O)N4CC(F)(F)C4)c(Cl)c3)C2)CC1)c1cc(Cl)ccc1Cl. The summed E-state index contributed by atoms with van der Waals surface area (Å²) in [5.74, 6) is -3.88. The van der Waals surface area contributed by atoms with E-state index in [2.05, 4.69) is 10.2 Å². The number of amides is 2. The first-order valence-electron chi connectivity index (χ1n) is 12.9. The van der Waals surface area contributed by atoms with Crippen molar-refractivity contribution < 1.29 is 23.5 Å². The third kappa shape index (κ3) is 5.87. The summed E-state index contributed by atoms with van der Waals surface area (Å²) in [6.07, 6.45) is 1.53. The van der Waals surface area contributed by atoms with Gasteiger partial charge < -0.3 is 20.2 Å². The van der Waals surface area contributed by atoms with Gasteiger partial charge in [-0.15, -0.1) is 0 Å². The van der Waals surface area contributed by atoms with Crippen molar-refractivity contribution in [1.29, 1.82) is 0 Å². The molecule has 2 aromatic carbocycles.